The van der Waals surface area contributed by atoms with Gasteiger partial charge in [0.15, 0.2) is 5.82 Å². The number of hydrogen-bond acceptors (Lipinski definition) is 5. The van der Waals surface area contributed by atoms with Crippen LogP contribution in [-0.2, 0) is 9.59 Å². The van der Waals surface area contributed by atoms with Gasteiger partial charge in [-0.05, 0) is 0 Å². The molecule has 9 heteroatoms. The number of carbonyl (C=O) groups excluding carboxylic acids is 2. The Morgan fingerprint density at radius 2 is 2.00 bits per heavy atom. The molecule has 0 radical (unpaired) electrons. The van der Waals surface area contributed by atoms with Gasteiger partial charge in [-0.3, -0.25) is 19.7 Å². The molecule has 1 aromatic carbocycles. The Morgan fingerprint density at radius 3 is 2.61 bits per heavy atom. The summed E-state index contributed by atoms with van der Waals surface area (Å²) in [5.41, 5.74) is -1.94. The van der Waals surface area contributed by atoms with E-state index in [2.05, 4.69) is 5.32 Å². The van der Waals surface area contributed by atoms with E-state index >= 15 is 0 Å². The van der Waals surface area contributed by atoms with Gasteiger partial charge in [0.2, 0.25) is 11.6 Å². The second kappa shape index (κ2) is 4.02. The Balaban J connectivity index is 2.68. The van der Waals surface area contributed by atoms with Gasteiger partial charge in [0, 0.05) is 6.07 Å². The van der Waals surface area contributed by atoms with Crippen LogP contribution in [0.5, 0.6) is 0 Å². The number of nitro benzene ring substituents is 1. The fourth-order valence-electron chi connectivity index (χ4n) is 1.50. The molecule has 1 aromatic rings. The Hall–Kier alpha value is -2.58. The first-order chi connectivity index (χ1) is 8.41. The molecule has 0 unspecified atom stereocenters. The SMILES string of the molecule is O=C1CNc2c(cc(F)c(F)c2[N+](=O)[O-])NC1=O. The predicted molar refractivity (Wildman–Crippen MR) is 55.1 cm³/mol. The number of rotatable bonds is 1. The zero-order valence-corrected chi connectivity index (χ0v) is 8.62. The number of benzene rings is 1. The summed E-state index contributed by atoms with van der Waals surface area (Å²) in [6.07, 6.45) is 0. The van der Waals surface area contributed by atoms with E-state index in [0.29, 0.717) is 6.07 Å². The van der Waals surface area contributed by atoms with E-state index in [1.165, 1.54) is 0 Å². The van der Waals surface area contributed by atoms with E-state index < -0.39 is 46.2 Å². The lowest BCUT2D eigenvalue weighted by Crippen LogP contribution is -2.25. The number of fused-ring (bicyclic) bond motifs is 1. The summed E-state index contributed by atoms with van der Waals surface area (Å²) in [6, 6.07) is 0.571. The van der Waals surface area contributed by atoms with Gasteiger partial charge in [-0.2, -0.15) is 4.39 Å². The summed E-state index contributed by atoms with van der Waals surface area (Å²) in [7, 11) is 0. The highest BCUT2D eigenvalue weighted by molar-refractivity contribution is 6.42. The highest BCUT2D eigenvalue weighted by Crippen LogP contribution is 2.37. The van der Waals surface area contributed by atoms with Crippen molar-refractivity contribution in [3.8, 4) is 0 Å². The lowest BCUT2D eigenvalue weighted by atomic mass is 10.2. The lowest BCUT2D eigenvalue weighted by Gasteiger charge is -2.08. The van der Waals surface area contributed by atoms with Crippen LogP contribution in [0, 0.1) is 21.7 Å². The zero-order valence-electron chi connectivity index (χ0n) is 8.62. The van der Waals surface area contributed by atoms with E-state index in [1.54, 1.807) is 0 Å². The first-order valence-corrected chi connectivity index (χ1v) is 4.66. The van der Waals surface area contributed by atoms with Crippen LogP contribution in [0.1, 0.15) is 0 Å². The molecule has 1 amide bonds. The van der Waals surface area contributed by atoms with Crippen molar-refractivity contribution < 1.29 is 23.3 Å². The van der Waals surface area contributed by atoms with Crippen molar-refractivity contribution in [2.24, 2.45) is 0 Å². The standard InChI is InChI=1S/C9H5F2N3O4/c10-3-1-4-7(8(6(3)11)14(17)18)12-2-5(15)9(16)13-4/h1,12H,2H2,(H,13,16). The molecule has 1 heterocycles. The summed E-state index contributed by atoms with van der Waals surface area (Å²) < 4.78 is 26.5. The maximum absolute atomic E-state index is 13.3. The van der Waals surface area contributed by atoms with Crippen LogP contribution in [0.2, 0.25) is 0 Å². The van der Waals surface area contributed by atoms with Crippen LogP contribution in [0.25, 0.3) is 0 Å². The third kappa shape index (κ3) is 1.75. The van der Waals surface area contributed by atoms with Crippen molar-refractivity contribution in [1.82, 2.24) is 0 Å². The smallest absolute Gasteiger partial charge is 0.332 e. The molecule has 94 valence electrons. The van der Waals surface area contributed by atoms with E-state index in [-0.39, 0.29) is 5.69 Å². The molecule has 0 saturated heterocycles. The lowest BCUT2D eigenvalue weighted by molar-refractivity contribution is -0.386. The molecule has 0 saturated carbocycles. The molecule has 1 aliphatic heterocycles. The summed E-state index contributed by atoms with van der Waals surface area (Å²) in [5.74, 6) is -5.10. The average molecular weight is 257 g/mol. The van der Waals surface area contributed by atoms with Gasteiger partial charge in [-0.1, -0.05) is 0 Å². The summed E-state index contributed by atoms with van der Waals surface area (Å²) >= 11 is 0. The summed E-state index contributed by atoms with van der Waals surface area (Å²) in [5, 5.41) is 14.9. The van der Waals surface area contributed by atoms with Crippen LogP contribution in [0.4, 0.5) is 25.8 Å². The topological polar surface area (TPSA) is 101 Å². The van der Waals surface area contributed by atoms with E-state index in [9.17, 15) is 28.5 Å². The monoisotopic (exact) mass is 257 g/mol. The third-order valence-electron chi connectivity index (χ3n) is 2.30. The fraction of sp³-hybridized carbons (Fsp3) is 0.111. The van der Waals surface area contributed by atoms with Crippen LogP contribution in [0.3, 0.4) is 0 Å². The first kappa shape index (κ1) is 11.9. The molecule has 0 spiro atoms. The van der Waals surface area contributed by atoms with Gasteiger partial charge in [0.05, 0.1) is 17.2 Å². The molecular weight excluding hydrogens is 252 g/mol. The van der Waals surface area contributed by atoms with E-state index in [1.807, 2.05) is 5.32 Å². The molecule has 0 bridgehead atoms. The number of nitrogens with one attached hydrogen (secondary N) is 2. The second-order valence-electron chi connectivity index (χ2n) is 3.43. The van der Waals surface area contributed by atoms with E-state index in [4.69, 9.17) is 0 Å². The van der Waals surface area contributed by atoms with Gasteiger partial charge >= 0.3 is 5.69 Å². The number of nitro groups is 1. The van der Waals surface area contributed by atoms with Crippen molar-refractivity contribution in [2.75, 3.05) is 17.2 Å². The second-order valence-corrected chi connectivity index (χ2v) is 3.43. The van der Waals surface area contributed by atoms with Crippen molar-refractivity contribution >= 4 is 28.8 Å². The number of hydrogen-bond donors (Lipinski definition) is 2. The predicted octanol–water partition coefficient (Wildman–Crippen LogP) is 0.806. The van der Waals surface area contributed by atoms with Gasteiger partial charge < -0.3 is 10.6 Å². The van der Waals surface area contributed by atoms with Gasteiger partial charge in [-0.15, -0.1) is 0 Å². The van der Waals surface area contributed by atoms with Crippen LogP contribution in [-0.4, -0.2) is 23.2 Å². The molecule has 0 fully saturated rings. The molecule has 2 N–H and O–H groups in total. The minimum Gasteiger partial charge on any atom is -0.370 e. The maximum Gasteiger partial charge on any atom is 0.332 e. The fourth-order valence-corrected chi connectivity index (χ4v) is 1.50. The number of amides is 1. The molecular formula is C9H5F2N3O4. The van der Waals surface area contributed by atoms with Crippen molar-refractivity contribution in [3.63, 3.8) is 0 Å². The highest BCUT2D eigenvalue weighted by atomic mass is 19.2. The average Bonchev–Trinajstić information content (AvgIpc) is 2.41. The van der Waals surface area contributed by atoms with Crippen molar-refractivity contribution in [1.29, 1.82) is 0 Å². The van der Waals surface area contributed by atoms with Crippen molar-refractivity contribution in [3.05, 3.63) is 27.8 Å². The number of ketones is 1. The van der Waals surface area contributed by atoms with Crippen molar-refractivity contribution in [2.45, 2.75) is 0 Å². The quantitative estimate of drug-likeness (QED) is 0.440. The minimum absolute atomic E-state index is 0.351. The first-order valence-electron chi connectivity index (χ1n) is 4.66. The van der Waals surface area contributed by atoms with Crippen LogP contribution < -0.4 is 10.6 Å². The largest absolute Gasteiger partial charge is 0.370 e. The van der Waals surface area contributed by atoms with Gasteiger partial charge in [-0.25, -0.2) is 4.39 Å². The summed E-state index contributed by atoms with van der Waals surface area (Å²) in [6.45, 7) is -0.537. The third-order valence-corrected chi connectivity index (χ3v) is 2.30. The minimum atomic E-state index is -1.66. The molecule has 2 rings (SSSR count). The van der Waals surface area contributed by atoms with Crippen LogP contribution >= 0.6 is 0 Å². The van der Waals surface area contributed by atoms with Gasteiger partial charge in [0.1, 0.15) is 5.69 Å². The molecule has 0 aromatic heterocycles. The Bertz CT molecular complexity index is 588. The normalized spacial score (nSPS) is 14.3. The van der Waals surface area contributed by atoms with E-state index in [0.717, 1.165) is 0 Å². The molecule has 1 aliphatic rings. The molecule has 18 heavy (non-hydrogen) atoms. The number of carbonyl (C=O) groups is 2. The molecule has 7 nitrogen and oxygen atoms in total. The van der Waals surface area contributed by atoms with Gasteiger partial charge in [0.25, 0.3) is 5.91 Å². The van der Waals surface area contributed by atoms with Crippen LogP contribution in [0.15, 0.2) is 6.07 Å². The highest BCUT2D eigenvalue weighted by Gasteiger charge is 2.31. The Labute approximate surface area is 97.9 Å². The number of halogens is 2. The number of anilines is 2. The zero-order chi connectivity index (χ0) is 13.4. The number of Topliss-reactive ketones (excluding diaryl/α,β-unsaturated/α-hetero) is 1. The molecule has 0 atom stereocenters. The number of nitrogens with zero attached hydrogens (tertiary/aromatic N) is 1. The Morgan fingerprint density at radius 1 is 1.33 bits per heavy atom. The summed E-state index contributed by atoms with van der Waals surface area (Å²) in [4.78, 5) is 31.8. The Kier molecular flexibility index (Phi) is 2.66. The maximum atomic E-state index is 13.3. The molecule has 0 aliphatic carbocycles.